The van der Waals surface area contributed by atoms with Gasteiger partial charge in [0.25, 0.3) is 0 Å². The minimum Gasteiger partial charge on any atom is -0.768 e. The van der Waals surface area contributed by atoms with Gasteiger partial charge in [-0.2, -0.15) is 0 Å². The van der Waals surface area contributed by atoms with E-state index in [9.17, 15) is 17.2 Å². The molecule has 0 aromatic heterocycles. The van der Waals surface area contributed by atoms with Crippen LogP contribution in [0, 0.1) is 6.92 Å². The van der Waals surface area contributed by atoms with Crippen LogP contribution in [-0.2, 0) is 20.9 Å². The lowest BCUT2D eigenvalue weighted by molar-refractivity contribution is 0.537. The monoisotopic (exact) mass is 295 g/mol. The first-order valence-electron chi connectivity index (χ1n) is 5.42. The highest BCUT2D eigenvalue weighted by Gasteiger charge is 2.17. The maximum Gasteiger partial charge on any atom is 0.206 e. The van der Waals surface area contributed by atoms with Crippen LogP contribution in [0.4, 0.5) is 0 Å². The van der Waals surface area contributed by atoms with Crippen molar-refractivity contribution < 1.29 is 17.2 Å². The Morgan fingerprint density at radius 3 is 2.16 bits per heavy atom. The molecule has 0 fully saturated rings. The summed E-state index contributed by atoms with van der Waals surface area (Å²) in [6, 6.07) is 11.8. The molecule has 0 aliphatic rings. The van der Waals surface area contributed by atoms with Gasteiger partial charge >= 0.3 is 0 Å². The fraction of sp³-hybridized carbons (Fsp3) is 0.0769. The maximum absolute atomic E-state index is 12.4. The first-order valence-corrected chi connectivity index (χ1v) is 7.98. The molecule has 100 valence electrons. The van der Waals surface area contributed by atoms with Gasteiger partial charge in [-0.05, 0) is 53.9 Å². The second kappa shape index (κ2) is 5.24. The minimum absolute atomic E-state index is 0.0280. The van der Waals surface area contributed by atoms with E-state index < -0.39 is 20.9 Å². The quantitative estimate of drug-likeness (QED) is 0.812. The van der Waals surface area contributed by atoms with Gasteiger partial charge in [-0.3, -0.25) is 4.21 Å². The first-order chi connectivity index (χ1) is 8.91. The van der Waals surface area contributed by atoms with E-state index in [1.165, 1.54) is 24.3 Å². The van der Waals surface area contributed by atoms with E-state index in [-0.39, 0.29) is 14.7 Å². The number of sulfone groups is 1. The van der Waals surface area contributed by atoms with Crippen molar-refractivity contribution in [2.75, 3.05) is 0 Å². The lowest BCUT2D eigenvalue weighted by atomic mass is 10.2. The van der Waals surface area contributed by atoms with Crippen LogP contribution >= 0.6 is 0 Å². The van der Waals surface area contributed by atoms with Crippen molar-refractivity contribution in [3.05, 3.63) is 54.1 Å². The summed E-state index contributed by atoms with van der Waals surface area (Å²) in [4.78, 5) is 0.0786. The predicted octanol–water partition coefficient (Wildman–Crippen LogP) is 2.07. The average molecular weight is 295 g/mol. The Balaban J connectivity index is 2.57. The number of hydrogen-bond acceptors (Lipinski definition) is 4. The molecule has 0 spiro atoms. The molecule has 0 saturated carbocycles. The van der Waals surface area contributed by atoms with Crippen LogP contribution in [0.1, 0.15) is 5.56 Å². The summed E-state index contributed by atoms with van der Waals surface area (Å²) >= 11 is -2.45. The predicted molar refractivity (Wildman–Crippen MR) is 70.3 cm³/mol. The standard InChI is InChI=1S/C13H12O4S2/c1-10-4-2-6-12(8-10)19(16,17)13-7-3-5-11(9-13)18(14)15/h2-9H,1H3,(H,14,15)/p-1. The second-order valence-corrected chi connectivity index (χ2v) is 6.92. The van der Waals surface area contributed by atoms with Gasteiger partial charge in [0, 0.05) is 4.90 Å². The van der Waals surface area contributed by atoms with Crippen molar-refractivity contribution in [2.24, 2.45) is 0 Å². The Hall–Kier alpha value is -1.50. The van der Waals surface area contributed by atoms with Crippen LogP contribution < -0.4 is 0 Å². The topological polar surface area (TPSA) is 74.3 Å². The molecular formula is C13H11O4S2-. The third kappa shape index (κ3) is 2.91. The molecule has 0 aliphatic carbocycles. The van der Waals surface area contributed by atoms with Crippen LogP contribution in [0.3, 0.4) is 0 Å². The largest absolute Gasteiger partial charge is 0.768 e. The van der Waals surface area contributed by atoms with E-state index in [2.05, 4.69) is 0 Å². The number of hydrogen-bond donors (Lipinski definition) is 0. The number of benzene rings is 2. The van der Waals surface area contributed by atoms with Gasteiger partial charge < -0.3 is 4.55 Å². The summed E-state index contributed by atoms with van der Waals surface area (Å²) in [5.74, 6) is 0. The van der Waals surface area contributed by atoms with Crippen molar-refractivity contribution in [1.82, 2.24) is 0 Å². The fourth-order valence-corrected chi connectivity index (χ4v) is 3.56. The molecule has 0 radical (unpaired) electrons. The molecule has 0 amide bonds. The summed E-state index contributed by atoms with van der Waals surface area (Å²) in [7, 11) is -3.69. The molecule has 19 heavy (non-hydrogen) atoms. The molecule has 0 N–H and O–H groups in total. The molecule has 0 saturated heterocycles. The number of aryl methyl sites for hydroxylation is 1. The van der Waals surface area contributed by atoms with Gasteiger partial charge in [0.05, 0.1) is 9.79 Å². The highest BCUT2D eigenvalue weighted by Crippen LogP contribution is 2.23. The highest BCUT2D eigenvalue weighted by atomic mass is 32.2. The van der Waals surface area contributed by atoms with Crippen molar-refractivity contribution >= 4 is 20.9 Å². The van der Waals surface area contributed by atoms with E-state index >= 15 is 0 Å². The third-order valence-electron chi connectivity index (χ3n) is 2.61. The lowest BCUT2D eigenvalue weighted by Gasteiger charge is -2.09. The summed E-state index contributed by atoms with van der Waals surface area (Å²) in [5.41, 5.74) is 0.824. The molecule has 0 bridgehead atoms. The molecule has 0 aliphatic heterocycles. The molecule has 2 aromatic carbocycles. The molecule has 2 rings (SSSR count). The Morgan fingerprint density at radius 2 is 1.58 bits per heavy atom. The highest BCUT2D eigenvalue weighted by molar-refractivity contribution is 7.91. The molecule has 0 heterocycles. The van der Waals surface area contributed by atoms with Crippen LogP contribution in [0.25, 0.3) is 0 Å². The van der Waals surface area contributed by atoms with E-state index in [1.54, 1.807) is 25.1 Å². The molecule has 1 unspecified atom stereocenters. The molecule has 1 atom stereocenters. The first kappa shape index (κ1) is 13.9. The van der Waals surface area contributed by atoms with Gasteiger partial charge in [-0.15, -0.1) is 0 Å². The van der Waals surface area contributed by atoms with Gasteiger partial charge in [0.15, 0.2) is 0 Å². The zero-order chi connectivity index (χ0) is 14.0. The zero-order valence-electron chi connectivity index (χ0n) is 10.1. The van der Waals surface area contributed by atoms with Crippen molar-refractivity contribution in [3.63, 3.8) is 0 Å². The average Bonchev–Trinajstić information content (AvgIpc) is 2.39. The molecule has 6 heteroatoms. The Kier molecular flexibility index (Phi) is 3.84. The van der Waals surface area contributed by atoms with Gasteiger partial charge in [0.1, 0.15) is 0 Å². The van der Waals surface area contributed by atoms with Crippen LogP contribution in [0.2, 0.25) is 0 Å². The summed E-state index contributed by atoms with van der Waals surface area (Å²) in [6.07, 6.45) is 0. The van der Waals surface area contributed by atoms with E-state index in [4.69, 9.17) is 0 Å². The minimum atomic E-state index is -3.69. The van der Waals surface area contributed by atoms with Gasteiger partial charge in [-0.25, -0.2) is 8.42 Å². The number of rotatable bonds is 3. The van der Waals surface area contributed by atoms with Gasteiger partial charge in [0.2, 0.25) is 9.84 Å². The van der Waals surface area contributed by atoms with Crippen molar-refractivity contribution in [3.8, 4) is 0 Å². The van der Waals surface area contributed by atoms with E-state index in [0.717, 1.165) is 11.6 Å². The maximum atomic E-state index is 12.4. The van der Waals surface area contributed by atoms with Gasteiger partial charge in [-0.1, -0.05) is 18.2 Å². The Labute approximate surface area is 114 Å². The second-order valence-electron chi connectivity index (χ2n) is 4.03. The molecule has 2 aromatic rings. The Morgan fingerprint density at radius 1 is 1.00 bits per heavy atom. The summed E-state index contributed by atoms with van der Waals surface area (Å²) in [6.45, 7) is 1.79. The fourth-order valence-electron chi connectivity index (χ4n) is 1.66. The smallest absolute Gasteiger partial charge is 0.206 e. The Bertz CT molecular complexity index is 736. The third-order valence-corrected chi connectivity index (χ3v) is 5.00. The molecule has 4 nitrogen and oxygen atoms in total. The van der Waals surface area contributed by atoms with E-state index in [1.807, 2.05) is 0 Å². The SMILES string of the molecule is Cc1cccc(S(=O)(=O)c2cccc(S(=O)[O-])c2)c1. The normalized spacial score (nSPS) is 13.2. The summed E-state index contributed by atoms with van der Waals surface area (Å²) < 4.78 is 46.5. The zero-order valence-corrected chi connectivity index (χ0v) is 11.7. The summed E-state index contributed by atoms with van der Waals surface area (Å²) in [5, 5.41) is 0. The van der Waals surface area contributed by atoms with Crippen molar-refractivity contribution in [2.45, 2.75) is 21.6 Å². The van der Waals surface area contributed by atoms with Crippen LogP contribution in [0.5, 0.6) is 0 Å². The van der Waals surface area contributed by atoms with Crippen LogP contribution in [-0.4, -0.2) is 17.2 Å². The van der Waals surface area contributed by atoms with Crippen LogP contribution in [0.15, 0.2) is 63.2 Å². The lowest BCUT2D eigenvalue weighted by Crippen LogP contribution is -2.03. The molecular weight excluding hydrogens is 284 g/mol. The van der Waals surface area contributed by atoms with Crippen molar-refractivity contribution in [1.29, 1.82) is 0 Å². The van der Waals surface area contributed by atoms with E-state index in [0.29, 0.717) is 0 Å².